The number of esters is 1. The van der Waals surface area contributed by atoms with E-state index in [1.807, 2.05) is 6.07 Å². The van der Waals surface area contributed by atoms with Crippen LogP contribution in [-0.2, 0) is 4.74 Å². The van der Waals surface area contributed by atoms with Gasteiger partial charge in [-0.2, -0.15) is 0 Å². The van der Waals surface area contributed by atoms with E-state index >= 15 is 0 Å². The van der Waals surface area contributed by atoms with Crippen molar-refractivity contribution in [1.82, 2.24) is 9.97 Å². The summed E-state index contributed by atoms with van der Waals surface area (Å²) in [7, 11) is 1.29. The Morgan fingerprint density at radius 2 is 2.10 bits per heavy atom. The van der Waals surface area contributed by atoms with Crippen molar-refractivity contribution in [2.75, 3.05) is 19.2 Å². The lowest BCUT2D eigenvalue weighted by Crippen LogP contribution is -2.05. The highest BCUT2D eigenvalue weighted by Gasteiger charge is 2.13. The van der Waals surface area contributed by atoms with Crippen LogP contribution in [0.15, 0.2) is 30.6 Å². The molecule has 0 aliphatic carbocycles. The van der Waals surface area contributed by atoms with E-state index in [0.29, 0.717) is 17.3 Å². The van der Waals surface area contributed by atoms with Crippen LogP contribution in [0.3, 0.4) is 0 Å². The molecule has 7 nitrogen and oxygen atoms in total. The van der Waals surface area contributed by atoms with E-state index in [2.05, 4.69) is 20.0 Å². The first-order chi connectivity index (χ1) is 9.76. The normalized spacial score (nSPS) is 12.1. The average Bonchev–Trinajstić information content (AvgIpc) is 2.95. The van der Waals surface area contributed by atoms with Gasteiger partial charge in [0.2, 0.25) is 6.79 Å². The fraction of sp³-hybridized carbons (Fsp3) is 0.154. The van der Waals surface area contributed by atoms with Gasteiger partial charge in [-0.25, -0.2) is 14.8 Å². The first kappa shape index (κ1) is 12.2. The minimum atomic E-state index is -0.521. The number of methoxy groups -OCH3 is 1. The van der Waals surface area contributed by atoms with Crippen molar-refractivity contribution in [2.24, 2.45) is 0 Å². The van der Waals surface area contributed by atoms with E-state index < -0.39 is 5.97 Å². The van der Waals surface area contributed by atoms with E-state index in [-0.39, 0.29) is 12.5 Å². The van der Waals surface area contributed by atoms with Crippen LogP contribution in [0, 0.1) is 0 Å². The molecule has 1 aromatic carbocycles. The van der Waals surface area contributed by atoms with Crippen molar-refractivity contribution in [3.05, 3.63) is 36.3 Å². The fourth-order valence-corrected chi connectivity index (χ4v) is 1.72. The Balaban J connectivity index is 1.76. The maximum absolute atomic E-state index is 11.2. The molecule has 20 heavy (non-hydrogen) atoms. The van der Waals surface area contributed by atoms with Crippen LogP contribution in [0.2, 0.25) is 0 Å². The third-order valence-electron chi connectivity index (χ3n) is 2.69. The molecule has 0 spiro atoms. The van der Waals surface area contributed by atoms with Gasteiger partial charge in [0, 0.05) is 11.8 Å². The van der Waals surface area contributed by atoms with Gasteiger partial charge in [-0.05, 0) is 12.1 Å². The molecule has 0 amide bonds. The van der Waals surface area contributed by atoms with Crippen molar-refractivity contribution in [1.29, 1.82) is 0 Å². The first-order valence-corrected chi connectivity index (χ1v) is 5.83. The highest BCUT2D eigenvalue weighted by molar-refractivity contribution is 5.86. The molecule has 1 aliphatic heterocycles. The Bertz CT molecular complexity index is 643. The molecule has 0 bridgehead atoms. The predicted molar refractivity (Wildman–Crippen MR) is 69.2 cm³/mol. The number of hydrogen-bond donors (Lipinski definition) is 1. The summed E-state index contributed by atoms with van der Waals surface area (Å²) in [6, 6.07) is 5.45. The summed E-state index contributed by atoms with van der Waals surface area (Å²) in [6.45, 7) is 0.229. The smallest absolute Gasteiger partial charge is 0.358 e. The number of aromatic nitrogens is 2. The largest absolute Gasteiger partial charge is 0.464 e. The van der Waals surface area contributed by atoms with E-state index in [0.717, 1.165) is 5.69 Å². The minimum absolute atomic E-state index is 0.156. The lowest BCUT2D eigenvalue weighted by atomic mass is 10.3. The number of benzene rings is 1. The molecule has 0 saturated heterocycles. The van der Waals surface area contributed by atoms with Gasteiger partial charge in [0.25, 0.3) is 0 Å². The van der Waals surface area contributed by atoms with Gasteiger partial charge in [0.05, 0.1) is 19.5 Å². The number of carbonyl (C=O) groups excluding carboxylic acids is 1. The van der Waals surface area contributed by atoms with Crippen LogP contribution in [0.1, 0.15) is 10.5 Å². The molecule has 1 aliphatic rings. The molecule has 102 valence electrons. The molecule has 2 aromatic rings. The van der Waals surface area contributed by atoms with E-state index in [9.17, 15) is 4.79 Å². The SMILES string of the molecule is COC(=O)c1cnc(Nc2ccc3c(c2)OCO3)cn1. The number of anilines is 2. The van der Waals surface area contributed by atoms with Crippen LogP contribution >= 0.6 is 0 Å². The summed E-state index contributed by atoms with van der Waals surface area (Å²) >= 11 is 0. The predicted octanol–water partition coefficient (Wildman–Crippen LogP) is 1.74. The van der Waals surface area contributed by atoms with Crippen molar-refractivity contribution in [3.8, 4) is 11.5 Å². The zero-order valence-corrected chi connectivity index (χ0v) is 10.6. The maximum atomic E-state index is 11.2. The Hall–Kier alpha value is -2.83. The number of hydrogen-bond acceptors (Lipinski definition) is 7. The summed E-state index contributed by atoms with van der Waals surface area (Å²) in [5.41, 5.74) is 0.943. The summed E-state index contributed by atoms with van der Waals surface area (Å²) in [6.07, 6.45) is 2.80. The molecule has 1 N–H and O–H groups in total. The third-order valence-corrected chi connectivity index (χ3v) is 2.69. The van der Waals surface area contributed by atoms with Gasteiger partial charge in [-0.3, -0.25) is 0 Å². The van der Waals surface area contributed by atoms with Crippen molar-refractivity contribution in [2.45, 2.75) is 0 Å². The molecule has 0 fully saturated rings. The van der Waals surface area contributed by atoms with E-state index in [4.69, 9.17) is 9.47 Å². The number of fused-ring (bicyclic) bond motifs is 1. The summed E-state index contributed by atoms with van der Waals surface area (Å²) in [5, 5.41) is 3.06. The molecule has 0 saturated carbocycles. The second-order valence-electron chi connectivity index (χ2n) is 3.97. The summed E-state index contributed by atoms with van der Waals surface area (Å²) in [4.78, 5) is 19.3. The van der Waals surface area contributed by atoms with Crippen LogP contribution < -0.4 is 14.8 Å². The van der Waals surface area contributed by atoms with Crippen LogP contribution in [0.25, 0.3) is 0 Å². The van der Waals surface area contributed by atoms with Crippen LogP contribution in [0.4, 0.5) is 11.5 Å². The van der Waals surface area contributed by atoms with Crippen molar-refractivity contribution >= 4 is 17.5 Å². The standard InChI is InChI=1S/C13H11N3O4/c1-18-13(17)9-5-15-12(6-14-9)16-8-2-3-10-11(4-8)20-7-19-10/h2-6H,7H2,1H3,(H,15,16). The molecule has 3 rings (SSSR count). The van der Waals surface area contributed by atoms with Gasteiger partial charge >= 0.3 is 5.97 Å². The number of ether oxygens (including phenoxy) is 3. The molecule has 0 radical (unpaired) electrons. The topological polar surface area (TPSA) is 82.6 Å². The summed E-state index contributed by atoms with van der Waals surface area (Å²) in [5.74, 6) is 1.38. The second-order valence-corrected chi connectivity index (χ2v) is 3.97. The van der Waals surface area contributed by atoms with Gasteiger partial charge in [0.15, 0.2) is 17.2 Å². The van der Waals surface area contributed by atoms with Gasteiger partial charge < -0.3 is 19.5 Å². The molecule has 1 aromatic heterocycles. The second kappa shape index (κ2) is 5.04. The zero-order valence-electron chi connectivity index (χ0n) is 10.6. The monoisotopic (exact) mass is 273 g/mol. The van der Waals surface area contributed by atoms with E-state index in [1.165, 1.54) is 19.5 Å². The van der Waals surface area contributed by atoms with Gasteiger partial charge in [0.1, 0.15) is 5.82 Å². The van der Waals surface area contributed by atoms with Crippen LogP contribution in [0.5, 0.6) is 11.5 Å². The van der Waals surface area contributed by atoms with Crippen molar-refractivity contribution in [3.63, 3.8) is 0 Å². The Morgan fingerprint density at radius 3 is 2.85 bits per heavy atom. The lowest BCUT2D eigenvalue weighted by molar-refractivity contribution is 0.0593. The minimum Gasteiger partial charge on any atom is -0.464 e. The number of nitrogens with zero attached hydrogens (tertiary/aromatic N) is 2. The van der Waals surface area contributed by atoms with E-state index in [1.54, 1.807) is 12.1 Å². The molecule has 0 atom stereocenters. The number of rotatable bonds is 3. The quantitative estimate of drug-likeness (QED) is 0.853. The highest BCUT2D eigenvalue weighted by atomic mass is 16.7. The Labute approximate surface area is 114 Å². The first-order valence-electron chi connectivity index (χ1n) is 5.83. The molecule has 0 unspecified atom stereocenters. The number of nitrogens with one attached hydrogen (secondary N) is 1. The summed E-state index contributed by atoms with van der Waals surface area (Å²) < 4.78 is 15.1. The third kappa shape index (κ3) is 2.33. The molecule has 2 heterocycles. The average molecular weight is 273 g/mol. The molecule has 7 heteroatoms. The van der Waals surface area contributed by atoms with Crippen molar-refractivity contribution < 1.29 is 19.0 Å². The highest BCUT2D eigenvalue weighted by Crippen LogP contribution is 2.34. The van der Waals surface area contributed by atoms with Crippen LogP contribution in [-0.4, -0.2) is 29.8 Å². The van der Waals surface area contributed by atoms with Gasteiger partial charge in [-0.1, -0.05) is 0 Å². The molecular formula is C13H11N3O4. The zero-order chi connectivity index (χ0) is 13.9. The fourth-order valence-electron chi connectivity index (χ4n) is 1.72. The maximum Gasteiger partial charge on any atom is 0.358 e. The van der Waals surface area contributed by atoms with Gasteiger partial charge in [-0.15, -0.1) is 0 Å². The molecular weight excluding hydrogens is 262 g/mol. The number of carbonyl (C=O) groups is 1. The Kier molecular flexibility index (Phi) is 3.08. The Morgan fingerprint density at radius 1 is 1.25 bits per heavy atom. The lowest BCUT2D eigenvalue weighted by Gasteiger charge is -2.06.